The zero-order chi connectivity index (χ0) is 14.9. The summed E-state index contributed by atoms with van der Waals surface area (Å²) in [4.78, 5) is 27.2. The third-order valence-corrected chi connectivity index (χ3v) is 4.46. The van der Waals surface area contributed by atoms with Crippen molar-refractivity contribution in [2.75, 3.05) is 20.1 Å². The van der Waals surface area contributed by atoms with Gasteiger partial charge in [0.25, 0.3) is 0 Å². The summed E-state index contributed by atoms with van der Waals surface area (Å²) in [6.45, 7) is 2.60. The maximum Gasteiger partial charge on any atom is 0.328 e. The number of carbonyl (C=O) groups excluding carboxylic acids is 1. The SMILES string of the molecule is CC(O)C(NC(=O)N1CCC2CCC(C1)N2C)C(=O)O. The van der Waals surface area contributed by atoms with Crippen LogP contribution in [0.4, 0.5) is 4.79 Å². The Morgan fingerprint density at radius 1 is 1.25 bits per heavy atom. The number of nitrogens with one attached hydrogen (secondary N) is 1. The number of amides is 2. The van der Waals surface area contributed by atoms with E-state index in [0.29, 0.717) is 25.2 Å². The number of rotatable bonds is 3. The minimum atomic E-state index is -1.26. The number of carboxylic acids is 1. The topological polar surface area (TPSA) is 93.1 Å². The first-order valence-corrected chi connectivity index (χ1v) is 7.08. The van der Waals surface area contributed by atoms with Crippen LogP contribution in [0.1, 0.15) is 26.2 Å². The molecule has 0 aromatic carbocycles. The molecule has 2 aliphatic rings. The van der Waals surface area contributed by atoms with Gasteiger partial charge in [0, 0.05) is 25.2 Å². The molecule has 7 nitrogen and oxygen atoms in total. The Bertz CT molecular complexity index is 388. The minimum Gasteiger partial charge on any atom is -0.480 e. The van der Waals surface area contributed by atoms with Crippen molar-refractivity contribution in [1.82, 2.24) is 15.1 Å². The predicted octanol–water partition coefficient (Wildman–Crippen LogP) is -0.301. The number of aliphatic hydroxyl groups excluding tert-OH is 1. The van der Waals surface area contributed by atoms with E-state index in [1.165, 1.54) is 13.3 Å². The molecule has 0 saturated carbocycles. The number of aliphatic hydroxyl groups is 1. The van der Waals surface area contributed by atoms with Crippen molar-refractivity contribution in [2.24, 2.45) is 0 Å². The summed E-state index contributed by atoms with van der Waals surface area (Å²) in [6.07, 6.45) is 2.03. The molecule has 0 radical (unpaired) electrons. The summed E-state index contributed by atoms with van der Waals surface area (Å²) in [7, 11) is 2.08. The zero-order valence-electron chi connectivity index (χ0n) is 12.0. The Hall–Kier alpha value is -1.34. The van der Waals surface area contributed by atoms with Crippen LogP contribution < -0.4 is 5.32 Å². The maximum absolute atomic E-state index is 12.2. The fourth-order valence-corrected chi connectivity index (χ4v) is 3.11. The van der Waals surface area contributed by atoms with E-state index >= 15 is 0 Å². The van der Waals surface area contributed by atoms with E-state index in [2.05, 4.69) is 17.3 Å². The van der Waals surface area contributed by atoms with Crippen LogP contribution in [0.15, 0.2) is 0 Å². The quantitative estimate of drug-likeness (QED) is 0.662. The number of hydrogen-bond acceptors (Lipinski definition) is 4. The van der Waals surface area contributed by atoms with Crippen LogP contribution in [0.25, 0.3) is 0 Å². The van der Waals surface area contributed by atoms with Crippen molar-refractivity contribution >= 4 is 12.0 Å². The van der Waals surface area contributed by atoms with E-state index in [1.807, 2.05) is 0 Å². The third kappa shape index (κ3) is 3.04. The minimum absolute atomic E-state index is 0.350. The molecule has 4 unspecified atom stereocenters. The van der Waals surface area contributed by atoms with Crippen molar-refractivity contribution in [3.05, 3.63) is 0 Å². The molecule has 4 atom stereocenters. The summed E-state index contributed by atoms with van der Waals surface area (Å²) in [6, 6.07) is -0.798. The smallest absolute Gasteiger partial charge is 0.328 e. The van der Waals surface area contributed by atoms with Gasteiger partial charge < -0.3 is 20.4 Å². The molecule has 2 bridgehead atoms. The Balaban J connectivity index is 1.97. The Morgan fingerprint density at radius 2 is 1.90 bits per heavy atom. The molecule has 2 aliphatic heterocycles. The van der Waals surface area contributed by atoms with Crippen LogP contribution in [0.2, 0.25) is 0 Å². The van der Waals surface area contributed by atoms with Gasteiger partial charge in [0.2, 0.25) is 0 Å². The van der Waals surface area contributed by atoms with Gasteiger partial charge in [0.05, 0.1) is 6.10 Å². The Kier molecular flexibility index (Phi) is 4.49. The largest absolute Gasteiger partial charge is 0.480 e. The molecule has 2 saturated heterocycles. The summed E-state index contributed by atoms with van der Waals surface area (Å²) >= 11 is 0. The number of hydrogen-bond donors (Lipinski definition) is 3. The van der Waals surface area contributed by atoms with E-state index in [9.17, 15) is 14.7 Å². The number of fused-ring (bicyclic) bond motifs is 2. The number of carboxylic acid groups (broad SMARTS) is 1. The molecule has 7 heteroatoms. The molecule has 0 aromatic heterocycles. The number of likely N-dealkylation sites (N-methyl/N-ethyl adjacent to an activating group) is 1. The molecule has 0 aliphatic carbocycles. The van der Waals surface area contributed by atoms with Gasteiger partial charge in [0.15, 0.2) is 6.04 Å². The first kappa shape index (κ1) is 15.1. The highest BCUT2D eigenvalue weighted by Crippen LogP contribution is 2.28. The van der Waals surface area contributed by atoms with Crippen LogP contribution in [-0.2, 0) is 4.79 Å². The van der Waals surface area contributed by atoms with Gasteiger partial charge >= 0.3 is 12.0 Å². The van der Waals surface area contributed by atoms with Crippen molar-refractivity contribution in [1.29, 1.82) is 0 Å². The van der Waals surface area contributed by atoms with Gasteiger partial charge in [-0.1, -0.05) is 0 Å². The molecule has 2 heterocycles. The normalized spacial score (nSPS) is 29.6. The van der Waals surface area contributed by atoms with Crippen LogP contribution in [0, 0.1) is 0 Å². The summed E-state index contributed by atoms with van der Waals surface area (Å²) in [5.74, 6) is -1.22. The third-order valence-electron chi connectivity index (χ3n) is 4.46. The molecular weight excluding hydrogens is 262 g/mol. The van der Waals surface area contributed by atoms with E-state index < -0.39 is 24.1 Å². The van der Waals surface area contributed by atoms with Crippen LogP contribution >= 0.6 is 0 Å². The number of likely N-dealkylation sites (tertiary alicyclic amines) is 1. The lowest BCUT2D eigenvalue weighted by Gasteiger charge is -2.28. The highest BCUT2D eigenvalue weighted by molar-refractivity contribution is 5.83. The highest BCUT2D eigenvalue weighted by Gasteiger charge is 2.37. The summed E-state index contributed by atoms with van der Waals surface area (Å²) in [5, 5.41) is 20.8. The average Bonchev–Trinajstić information content (AvgIpc) is 2.59. The molecule has 0 aromatic rings. The summed E-state index contributed by atoms with van der Waals surface area (Å²) in [5.41, 5.74) is 0. The second-order valence-electron chi connectivity index (χ2n) is 5.79. The number of nitrogens with zero attached hydrogens (tertiary/aromatic N) is 2. The van der Waals surface area contributed by atoms with Gasteiger partial charge in [-0.25, -0.2) is 9.59 Å². The first-order valence-electron chi connectivity index (χ1n) is 7.08. The van der Waals surface area contributed by atoms with Crippen molar-refractivity contribution in [3.63, 3.8) is 0 Å². The van der Waals surface area contributed by atoms with Crippen molar-refractivity contribution in [3.8, 4) is 0 Å². The lowest BCUT2D eigenvalue weighted by molar-refractivity contribution is -0.141. The molecule has 2 rings (SSSR count). The monoisotopic (exact) mass is 285 g/mol. The molecular formula is C13H23N3O4. The lowest BCUT2D eigenvalue weighted by Crippen LogP contribution is -2.53. The zero-order valence-corrected chi connectivity index (χ0v) is 12.0. The Morgan fingerprint density at radius 3 is 2.50 bits per heavy atom. The lowest BCUT2D eigenvalue weighted by atomic mass is 10.1. The molecule has 3 N–H and O–H groups in total. The van der Waals surface area contributed by atoms with Crippen LogP contribution in [-0.4, -0.2) is 76.4 Å². The average molecular weight is 285 g/mol. The molecule has 0 spiro atoms. The number of aliphatic carboxylic acids is 1. The molecule has 114 valence electrons. The van der Waals surface area contributed by atoms with E-state index in [0.717, 1.165) is 12.8 Å². The second-order valence-corrected chi connectivity index (χ2v) is 5.79. The van der Waals surface area contributed by atoms with Gasteiger partial charge in [-0.15, -0.1) is 0 Å². The fraction of sp³-hybridized carbons (Fsp3) is 0.846. The van der Waals surface area contributed by atoms with Crippen LogP contribution in [0.5, 0.6) is 0 Å². The number of urea groups is 1. The molecule has 2 amide bonds. The standard InChI is InChI=1S/C13H23N3O4/c1-8(17)11(12(18)19)14-13(20)16-6-5-9-3-4-10(7-16)15(9)2/h8-11,17H,3-7H2,1-2H3,(H,14,20)(H,18,19). The van der Waals surface area contributed by atoms with Gasteiger partial charge in [-0.3, -0.25) is 4.90 Å². The Labute approximate surface area is 118 Å². The van der Waals surface area contributed by atoms with Gasteiger partial charge in [-0.2, -0.15) is 0 Å². The molecule has 20 heavy (non-hydrogen) atoms. The summed E-state index contributed by atoms with van der Waals surface area (Å²) < 4.78 is 0. The van der Waals surface area contributed by atoms with Gasteiger partial charge in [0.1, 0.15) is 0 Å². The molecule has 2 fully saturated rings. The second kappa shape index (κ2) is 5.97. The maximum atomic E-state index is 12.2. The predicted molar refractivity (Wildman–Crippen MR) is 72.4 cm³/mol. The van der Waals surface area contributed by atoms with E-state index in [1.54, 1.807) is 4.90 Å². The fourth-order valence-electron chi connectivity index (χ4n) is 3.11. The van der Waals surface area contributed by atoms with Crippen molar-refractivity contribution < 1.29 is 19.8 Å². The van der Waals surface area contributed by atoms with Crippen LogP contribution in [0.3, 0.4) is 0 Å². The first-order chi connectivity index (χ1) is 9.40. The van der Waals surface area contributed by atoms with Crippen molar-refractivity contribution in [2.45, 2.75) is 50.4 Å². The highest BCUT2D eigenvalue weighted by atomic mass is 16.4. The van der Waals surface area contributed by atoms with E-state index in [4.69, 9.17) is 5.11 Å². The van der Waals surface area contributed by atoms with Gasteiger partial charge in [-0.05, 0) is 33.2 Å². The number of carbonyl (C=O) groups is 2. The van der Waals surface area contributed by atoms with E-state index in [-0.39, 0.29) is 0 Å².